The molecule has 0 spiro atoms. The van der Waals surface area contributed by atoms with Crippen LogP contribution in [0.5, 0.6) is 0 Å². The zero-order valence-electron chi connectivity index (χ0n) is 12.2. The summed E-state index contributed by atoms with van der Waals surface area (Å²) in [7, 11) is 0. The van der Waals surface area contributed by atoms with Gasteiger partial charge in [-0.25, -0.2) is 4.98 Å². The minimum Gasteiger partial charge on any atom is -0.377 e. The SMILES string of the molecule is CC(C)NCc1nc(CN2CCCOC(C)C2)cs1. The molecule has 1 unspecified atom stereocenters. The lowest BCUT2D eigenvalue weighted by Crippen LogP contribution is -2.30. The molecule has 108 valence electrons. The van der Waals surface area contributed by atoms with Gasteiger partial charge in [-0.3, -0.25) is 4.90 Å². The monoisotopic (exact) mass is 283 g/mol. The predicted octanol–water partition coefficient (Wildman–Crippen LogP) is 2.25. The first-order chi connectivity index (χ1) is 9.13. The summed E-state index contributed by atoms with van der Waals surface area (Å²) < 4.78 is 5.67. The van der Waals surface area contributed by atoms with E-state index in [1.165, 1.54) is 10.7 Å². The van der Waals surface area contributed by atoms with E-state index in [-0.39, 0.29) is 0 Å². The van der Waals surface area contributed by atoms with Crippen molar-refractivity contribution in [3.63, 3.8) is 0 Å². The van der Waals surface area contributed by atoms with Crippen molar-refractivity contribution >= 4 is 11.3 Å². The summed E-state index contributed by atoms with van der Waals surface area (Å²) in [6, 6.07) is 0.510. The fourth-order valence-corrected chi connectivity index (χ4v) is 2.98. The molecule has 1 fully saturated rings. The zero-order valence-corrected chi connectivity index (χ0v) is 13.0. The molecular weight excluding hydrogens is 258 g/mol. The smallest absolute Gasteiger partial charge is 0.107 e. The molecule has 1 aromatic heterocycles. The van der Waals surface area contributed by atoms with Gasteiger partial charge in [0.15, 0.2) is 0 Å². The van der Waals surface area contributed by atoms with Gasteiger partial charge in [-0.15, -0.1) is 11.3 Å². The number of aromatic nitrogens is 1. The largest absolute Gasteiger partial charge is 0.377 e. The molecule has 2 rings (SSSR count). The number of nitrogens with zero attached hydrogens (tertiary/aromatic N) is 2. The lowest BCUT2D eigenvalue weighted by Gasteiger charge is -2.20. The number of ether oxygens (including phenoxy) is 1. The molecule has 2 heterocycles. The molecule has 4 nitrogen and oxygen atoms in total. The first-order valence-corrected chi connectivity index (χ1v) is 8.02. The van der Waals surface area contributed by atoms with E-state index in [4.69, 9.17) is 9.72 Å². The van der Waals surface area contributed by atoms with Crippen LogP contribution in [0.15, 0.2) is 5.38 Å². The normalized spacial score (nSPS) is 21.8. The van der Waals surface area contributed by atoms with Crippen molar-refractivity contribution in [3.8, 4) is 0 Å². The van der Waals surface area contributed by atoms with E-state index in [9.17, 15) is 0 Å². The molecule has 0 aliphatic carbocycles. The predicted molar refractivity (Wildman–Crippen MR) is 79.4 cm³/mol. The summed E-state index contributed by atoms with van der Waals surface area (Å²) in [5, 5.41) is 6.78. The third-order valence-electron chi connectivity index (χ3n) is 3.18. The Balaban J connectivity index is 1.84. The minimum absolute atomic E-state index is 0.336. The molecule has 1 N–H and O–H groups in total. The topological polar surface area (TPSA) is 37.4 Å². The second-order valence-corrected chi connectivity index (χ2v) is 6.48. The first-order valence-electron chi connectivity index (χ1n) is 7.14. The lowest BCUT2D eigenvalue weighted by atomic mass is 10.3. The molecule has 0 bridgehead atoms. The van der Waals surface area contributed by atoms with Gasteiger partial charge in [0, 0.05) is 44.2 Å². The molecule has 0 amide bonds. The second kappa shape index (κ2) is 7.33. The maximum atomic E-state index is 5.67. The van der Waals surface area contributed by atoms with E-state index in [0.29, 0.717) is 12.1 Å². The fourth-order valence-electron chi connectivity index (χ4n) is 2.25. The van der Waals surface area contributed by atoms with Crippen molar-refractivity contribution < 1.29 is 4.74 Å². The quantitative estimate of drug-likeness (QED) is 0.899. The third-order valence-corrected chi connectivity index (χ3v) is 4.08. The highest BCUT2D eigenvalue weighted by Crippen LogP contribution is 2.14. The first kappa shape index (κ1) is 14.9. The van der Waals surface area contributed by atoms with Crippen LogP contribution in [-0.4, -0.2) is 41.7 Å². The van der Waals surface area contributed by atoms with E-state index in [1.807, 2.05) is 0 Å². The molecule has 19 heavy (non-hydrogen) atoms. The molecule has 1 aliphatic heterocycles. The molecule has 1 saturated heterocycles. The molecule has 0 saturated carbocycles. The van der Waals surface area contributed by atoms with Gasteiger partial charge in [0.2, 0.25) is 0 Å². The van der Waals surface area contributed by atoms with Gasteiger partial charge in [-0.05, 0) is 13.3 Å². The van der Waals surface area contributed by atoms with Crippen molar-refractivity contribution in [2.75, 3.05) is 19.7 Å². The lowest BCUT2D eigenvalue weighted by molar-refractivity contribution is 0.0666. The average molecular weight is 283 g/mol. The van der Waals surface area contributed by atoms with E-state index in [0.717, 1.165) is 39.2 Å². The summed E-state index contributed by atoms with van der Waals surface area (Å²) >= 11 is 1.75. The van der Waals surface area contributed by atoms with Crippen molar-refractivity contribution in [1.82, 2.24) is 15.2 Å². The number of rotatable bonds is 5. The summed E-state index contributed by atoms with van der Waals surface area (Å²) in [5.41, 5.74) is 1.19. The highest BCUT2D eigenvalue weighted by molar-refractivity contribution is 7.09. The van der Waals surface area contributed by atoms with Crippen LogP contribution < -0.4 is 5.32 Å². The standard InChI is InChI=1S/C14H25N3OS/c1-11(2)15-7-14-16-13(10-19-14)9-17-5-4-6-18-12(3)8-17/h10-12,15H,4-9H2,1-3H3. The molecule has 1 atom stereocenters. The molecule has 1 aliphatic rings. The van der Waals surface area contributed by atoms with Crippen molar-refractivity contribution in [2.45, 2.75) is 52.4 Å². The highest BCUT2D eigenvalue weighted by Gasteiger charge is 2.16. The number of thiazole rings is 1. The van der Waals surface area contributed by atoms with Crippen LogP contribution in [0, 0.1) is 0 Å². The van der Waals surface area contributed by atoms with Gasteiger partial charge in [0.05, 0.1) is 11.8 Å². The minimum atomic E-state index is 0.336. The Morgan fingerprint density at radius 3 is 3.21 bits per heavy atom. The number of nitrogens with one attached hydrogen (secondary N) is 1. The highest BCUT2D eigenvalue weighted by atomic mass is 32.1. The van der Waals surface area contributed by atoms with Gasteiger partial charge in [0.1, 0.15) is 5.01 Å². The van der Waals surface area contributed by atoms with E-state index in [1.54, 1.807) is 11.3 Å². The summed E-state index contributed by atoms with van der Waals surface area (Å²) in [4.78, 5) is 7.16. The van der Waals surface area contributed by atoms with Crippen LogP contribution in [0.25, 0.3) is 0 Å². The number of hydrogen-bond acceptors (Lipinski definition) is 5. The maximum Gasteiger partial charge on any atom is 0.107 e. The fraction of sp³-hybridized carbons (Fsp3) is 0.786. The van der Waals surface area contributed by atoms with Gasteiger partial charge in [-0.1, -0.05) is 13.8 Å². The van der Waals surface area contributed by atoms with Gasteiger partial charge < -0.3 is 10.1 Å². The Labute approximate surface area is 120 Å². The van der Waals surface area contributed by atoms with Crippen LogP contribution >= 0.6 is 11.3 Å². The third kappa shape index (κ3) is 5.18. The van der Waals surface area contributed by atoms with Gasteiger partial charge in [-0.2, -0.15) is 0 Å². The molecule has 1 aromatic rings. The Morgan fingerprint density at radius 2 is 2.42 bits per heavy atom. The Kier molecular flexibility index (Phi) is 5.76. The maximum absolute atomic E-state index is 5.67. The average Bonchev–Trinajstić information content (AvgIpc) is 2.69. The van der Waals surface area contributed by atoms with Crippen LogP contribution in [0.4, 0.5) is 0 Å². The molecule has 5 heteroatoms. The van der Waals surface area contributed by atoms with Crippen molar-refractivity contribution in [1.29, 1.82) is 0 Å². The van der Waals surface area contributed by atoms with E-state index < -0.39 is 0 Å². The van der Waals surface area contributed by atoms with Crippen LogP contribution in [0.3, 0.4) is 0 Å². The summed E-state index contributed by atoms with van der Waals surface area (Å²) in [6.45, 7) is 11.3. The zero-order chi connectivity index (χ0) is 13.7. The van der Waals surface area contributed by atoms with Crippen LogP contribution in [0.2, 0.25) is 0 Å². The van der Waals surface area contributed by atoms with E-state index >= 15 is 0 Å². The van der Waals surface area contributed by atoms with Crippen molar-refractivity contribution in [2.24, 2.45) is 0 Å². The second-order valence-electron chi connectivity index (χ2n) is 5.54. The number of hydrogen-bond donors (Lipinski definition) is 1. The Hall–Kier alpha value is -0.490. The molecule has 0 aromatic carbocycles. The van der Waals surface area contributed by atoms with E-state index in [2.05, 4.69) is 36.4 Å². The Morgan fingerprint density at radius 1 is 1.58 bits per heavy atom. The van der Waals surface area contributed by atoms with Gasteiger partial charge >= 0.3 is 0 Å². The summed E-state index contributed by atoms with van der Waals surface area (Å²) in [6.07, 6.45) is 1.46. The Bertz CT molecular complexity index is 381. The molecular formula is C14H25N3OS. The van der Waals surface area contributed by atoms with Crippen molar-refractivity contribution in [3.05, 3.63) is 16.1 Å². The molecule has 0 radical (unpaired) electrons. The van der Waals surface area contributed by atoms with Gasteiger partial charge in [0.25, 0.3) is 0 Å². The van der Waals surface area contributed by atoms with Crippen LogP contribution in [-0.2, 0) is 17.8 Å². The van der Waals surface area contributed by atoms with Crippen LogP contribution in [0.1, 0.15) is 37.9 Å². The summed E-state index contributed by atoms with van der Waals surface area (Å²) in [5.74, 6) is 0.